The fraction of sp³-hybridized carbons (Fsp3) is 0.909. The van der Waals surface area contributed by atoms with E-state index in [1.807, 2.05) is 6.92 Å². The highest BCUT2D eigenvalue weighted by Gasteiger charge is 2.15. The monoisotopic (exact) mass is 198 g/mol. The Morgan fingerprint density at radius 1 is 1.50 bits per heavy atom. The first-order valence-electron chi connectivity index (χ1n) is 5.60. The predicted octanol–water partition coefficient (Wildman–Crippen LogP) is 1.63. The summed E-state index contributed by atoms with van der Waals surface area (Å²) in [6, 6.07) is 0. The van der Waals surface area contributed by atoms with Gasteiger partial charge in [-0.15, -0.1) is 0 Å². The van der Waals surface area contributed by atoms with Crippen LogP contribution in [-0.4, -0.2) is 25.7 Å². The minimum absolute atomic E-state index is 0.0855. The molecule has 1 aliphatic heterocycles. The number of ether oxygens (including phenoxy) is 1. The highest BCUT2D eigenvalue weighted by Crippen LogP contribution is 2.20. The smallest absolute Gasteiger partial charge is 0.417 e. The Balaban J connectivity index is 2.13. The third-order valence-electron chi connectivity index (χ3n) is 3.03. The van der Waals surface area contributed by atoms with Crippen molar-refractivity contribution in [2.24, 2.45) is 5.92 Å². The van der Waals surface area contributed by atoms with Gasteiger partial charge in [0, 0.05) is 0 Å². The molecule has 0 aliphatic carbocycles. The summed E-state index contributed by atoms with van der Waals surface area (Å²) in [6.07, 6.45) is 5.70. The largest absolute Gasteiger partial charge is 0.454 e. The molecule has 1 N–H and O–H groups in total. The minimum atomic E-state index is 0.0855. The van der Waals surface area contributed by atoms with E-state index in [0.717, 1.165) is 31.8 Å². The van der Waals surface area contributed by atoms with E-state index in [2.05, 4.69) is 5.32 Å². The zero-order valence-corrected chi connectivity index (χ0v) is 8.92. The van der Waals surface area contributed by atoms with Crippen molar-refractivity contribution < 1.29 is 9.53 Å². The van der Waals surface area contributed by atoms with Crippen molar-refractivity contribution in [3.05, 3.63) is 0 Å². The number of rotatable bonds is 6. The number of carbonyl (C=O) groups excluding carboxylic acids is 1. The lowest BCUT2D eigenvalue weighted by Gasteiger charge is -2.23. The van der Waals surface area contributed by atoms with Gasteiger partial charge in [-0.1, -0.05) is 6.92 Å². The Labute approximate surface area is 86.2 Å². The van der Waals surface area contributed by atoms with Crippen LogP contribution in [0, 0.1) is 5.92 Å². The van der Waals surface area contributed by atoms with Gasteiger partial charge in [0.2, 0.25) is 0 Å². The molecule has 0 saturated carbocycles. The van der Waals surface area contributed by atoms with Gasteiger partial charge in [0.1, 0.15) is 6.10 Å². The van der Waals surface area contributed by atoms with Crippen molar-refractivity contribution in [1.82, 2.24) is 5.32 Å². The zero-order chi connectivity index (χ0) is 10.2. The molecule has 81 valence electrons. The molecule has 1 heterocycles. The molecule has 3 heteroatoms. The van der Waals surface area contributed by atoms with E-state index in [-0.39, 0.29) is 6.10 Å². The Morgan fingerprint density at radius 2 is 2.21 bits per heavy atom. The van der Waals surface area contributed by atoms with Crippen LogP contribution in [0.3, 0.4) is 0 Å². The molecule has 1 saturated heterocycles. The van der Waals surface area contributed by atoms with Gasteiger partial charge in [-0.3, -0.25) is 0 Å². The molecule has 0 aromatic rings. The van der Waals surface area contributed by atoms with E-state index in [1.165, 1.54) is 19.3 Å². The predicted molar refractivity (Wildman–Crippen MR) is 55.7 cm³/mol. The molecule has 1 fully saturated rings. The normalized spacial score (nSPS) is 20.4. The molecule has 0 spiro atoms. The minimum Gasteiger partial charge on any atom is -0.454 e. The summed E-state index contributed by atoms with van der Waals surface area (Å²) in [4.78, 5) is 10.1. The van der Waals surface area contributed by atoms with Crippen molar-refractivity contribution >= 4 is 6.47 Å². The lowest BCUT2D eigenvalue weighted by Crippen LogP contribution is -2.28. The molecule has 0 aromatic carbocycles. The van der Waals surface area contributed by atoms with Gasteiger partial charge in [0.25, 0.3) is 0 Å². The Hall–Kier alpha value is -0.570. The summed E-state index contributed by atoms with van der Waals surface area (Å²) in [5.74, 6) is 0.820. The van der Waals surface area contributed by atoms with Gasteiger partial charge in [0.15, 0.2) is 0 Å². The van der Waals surface area contributed by atoms with Gasteiger partial charge < -0.3 is 10.1 Å². The summed E-state index contributed by atoms with van der Waals surface area (Å²) in [5, 5.41) is 3.35. The lowest BCUT2D eigenvalue weighted by molar-refractivity contribution is 0.150. The van der Waals surface area contributed by atoms with E-state index >= 15 is 0 Å². The van der Waals surface area contributed by atoms with Gasteiger partial charge in [-0.2, -0.15) is 0 Å². The molecule has 1 radical (unpaired) electrons. The highest BCUT2D eigenvalue weighted by molar-refractivity contribution is 5.38. The first-order chi connectivity index (χ1) is 6.86. The Kier molecular flexibility index (Phi) is 5.60. The molecular weight excluding hydrogens is 178 g/mol. The summed E-state index contributed by atoms with van der Waals surface area (Å²) in [7, 11) is 0. The Bertz CT molecular complexity index is 155. The SMILES string of the molecule is CCC(CCC1CCNCC1)O[C]=O. The third kappa shape index (κ3) is 4.09. The van der Waals surface area contributed by atoms with Crippen LogP contribution in [-0.2, 0) is 9.53 Å². The number of hydrogen-bond donors (Lipinski definition) is 1. The second-order valence-electron chi connectivity index (χ2n) is 4.00. The molecule has 1 atom stereocenters. The highest BCUT2D eigenvalue weighted by atomic mass is 16.5. The maximum Gasteiger partial charge on any atom is 0.417 e. The zero-order valence-electron chi connectivity index (χ0n) is 8.92. The van der Waals surface area contributed by atoms with E-state index in [4.69, 9.17) is 4.74 Å². The van der Waals surface area contributed by atoms with E-state index in [0.29, 0.717) is 0 Å². The molecule has 0 bridgehead atoms. The first-order valence-corrected chi connectivity index (χ1v) is 5.60. The fourth-order valence-electron chi connectivity index (χ4n) is 2.01. The summed E-state index contributed by atoms with van der Waals surface area (Å²) < 4.78 is 4.86. The lowest BCUT2D eigenvalue weighted by atomic mass is 9.91. The van der Waals surface area contributed by atoms with E-state index in [1.54, 1.807) is 6.47 Å². The molecule has 1 aliphatic rings. The molecule has 1 rings (SSSR count). The van der Waals surface area contributed by atoms with Crippen molar-refractivity contribution in [1.29, 1.82) is 0 Å². The van der Waals surface area contributed by atoms with Crippen LogP contribution in [0.1, 0.15) is 39.0 Å². The van der Waals surface area contributed by atoms with Gasteiger partial charge in [-0.25, -0.2) is 4.79 Å². The van der Waals surface area contributed by atoms with Crippen LogP contribution in [0.4, 0.5) is 0 Å². The number of hydrogen-bond acceptors (Lipinski definition) is 3. The second-order valence-corrected chi connectivity index (χ2v) is 4.00. The molecule has 14 heavy (non-hydrogen) atoms. The standard InChI is InChI=1S/C11H20NO2/c1-2-11(14-9-13)4-3-10-5-7-12-8-6-10/h10-12H,2-8H2,1H3. The molecule has 0 amide bonds. The van der Waals surface area contributed by atoms with Crippen molar-refractivity contribution in [2.45, 2.75) is 45.1 Å². The molecule has 3 nitrogen and oxygen atoms in total. The van der Waals surface area contributed by atoms with E-state index in [9.17, 15) is 4.79 Å². The third-order valence-corrected chi connectivity index (χ3v) is 3.03. The van der Waals surface area contributed by atoms with Gasteiger partial charge in [0.05, 0.1) is 0 Å². The molecule has 1 unspecified atom stereocenters. The van der Waals surface area contributed by atoms with Gasteiger partial charge >= 0.3 is 6.47 Å². The average molecular weight is 198 g/mol. The molecular formula is C11H20NO2. The van der Waals surface area contributed by atoms with Crippen LogP contribution >= 0.6 is 0 Å². The summed E-state index contributed by atoms with van der Waals surface area (Å²) >= 11 is 0. The van der Waals surface area contributed by atoms with Crippen LogP contribution in [0.2, 0.25) is 0 Å². The van der Waals surface area contributed by atoms with Crippen LogP contribution in [0.5, 0.6) is 0 Å². The maximum absolute atomic E-state index is 10.1. The number of nitrogens with one attached hydrogen (secondary N) is 1. The van der Waals surface area contributed by atoms with Crippen molar-refractivity contribution in [3.63, 3.8) is 0 Å². The first kappa shape index (κ1) is 11.5. The van der Waals surface area contributed by atoms with Crippen LogP contribution in [0.15, 0.2) is 0 Å². The summed E-state index contributed by atoms with van der Waals surface area (Å²) in [6.45, 7) is 5.87. The Morgan fingerprint density at radius 3 is 2.79 bits per heavy atom. The van der Waals surface area contributed by atoms with Crippen LogP contribution in [0.25, 0.3) is 0 Å². The second kappa shape index (κ2) is 6.82. The average Bonchev–Trinajstić information content (AvgIpc) is 2.25. The number of piperidine rings is 1. The molecule has 0 aromatic heterocycles. The van der Waals surface area contributed by atoms with Crippen LogP contribution < -0.4 is 5.32 Å². The quantitative estimate of drug-likeness (QED) is 0.705. The summed E-state index contributed by atoms with van der Waals surface area (Å²) in [5.41, 5.74) is 0. The maximum atomic E-state index is 10.1. The van der Waals surface area contributed by atoms with Crippen molar-refractivity contribution in [3.8, 4) is 0 Å². The van der Waals surface area contributed by atoms with Gasteiger partial charge in [-0.05, 0) is 51.1 Å². The van der Waals surface area contributed by atoms with E-state index < -0.39 is 0 Å². The topological polar surface area (TPSA) is 38.3 Å². The fourth-order valence-corrected chi connectivity index (χ4v) is 2.01. The van der Waals surface area contributed by atoms with Crippen molar-refractivity contribution in [2.75, 3.05) is 13.1 Å².